The van der Waals surface area contributed by atoms with E-state index in [2.05, 4.69) is 0 Å². The summed E-state index contributed by atoms with van der Waals surface area (Å²) < 4.78 is 4.96. The van der Waals surface area contributed by atoms with Crippen LogP contribution in [0.4, 0.5) is 4.79 Å². The summed E-state index contributed by atoms with van der Waals surface area (Å²) in [6, 6.07) is 9.12. The summed E-state index contributed by atoms with van der Waals surface area (Å²) in [5.74, 6) is 0. The van der Waals surface area contributed by atoms with E-state index in [0.717, 1.165) is 5.56 Å². The second-order valence-corrected chi connectivity index (χ2v) is 3.41. The van der Waals surface area contributed by atoms with Crippen molar-refractivity contribution < 1.29 is 29.4 Å². The molecule has 0 aliphatic heterocycles. The van der Waals surface area contributed by atoms with Crippen molar-refractivity contribution in [2.24, 2.45) is 0 Å². The molecule has 0 fully saturated rings. The zero-order valence-electron chi connectivity index (χ0n) is 10.4. The second kappa shape index (κ2) is 9.29. The Kier molecular flexibility index (Phi) is 7.52. The Bertz CT molecular complexity index is 350. The largest absolute Gasteiger partial charge is 0.460 e. The average molecular weight is 271 g/mol. The molecule has 2 N–H and O–H groups in total. The van der Waals surface area contributed by atoms with Gasteiger partial charge in [0.1, 0.15) is 19.8 Å². The van der Waals surface area contributed by atoms with Crippen molar-refractivity contribution >= 4 is 6.09 Å². The van der Waals surface area contributed by atoms with Gasteiger partial charge in [0.15, 0.2) is 0 Å². The van der Waals surface area contributed by atoms with Gasteiger partial charge in [-0.1, -0.05) is 30.3 Å². The lowest BCUT2D eigenvalue weighted by Gasteiger charge is -2.19. The van der Waals surface area contributed by atoms with Gasteiger partial charge in [0.2, 0.25) is 0 Å². The number of carbonyl (C=O) groups is 1. The predicted molar refractivity (Wildman–Crippen MR) is 64.5 cm³/mol. The van der Waals surface area contributed by atoms with Crippen LogP contribution in [0.25, 0.3) is 0 Å². The fraction of sp³-hybridized carbons (Fsp3) is 0.417. The van der Waals surface area contributed by atoms with E-state index < -0.39 is 6.09 Å². The quantitative estimate of drug-likeness (QED) is 0.668. The van der Waals surface area contributed by atoms with Crippen molar-refractivity contribution in [3.63, 3.8) is 0 Å². The minimum atomic E-state index is -0.856. The highest BCUT2D eigenvalue weighted by atomic mass is 17.0. The number of carbonyl (C=O) groups excluding carboxylic acids is 1. The highest BCUT2D eigenvalue weighted by Crippen LogP contribution is 2.04. The fourth-order valence-corrected chi connectivity index (χ4v) is 1.16. The van der Waals surface area contributed by atoms with Crippen molar-refractivity contribution in [1.29, 1.82) is 0 Å². The van der Waals surface area contributed by atoms with Gasteiger partial charge in [-0.3, -0.25) is 0 Å². The summed E-state index contributed by atoms with van der Waals surface area (Å²) in [6.45, 7) is -0.714. The first-order valence-corrected chi connectivity index (χ1v) is 5.76. The van der Waals surface area contributed by atoms with E-state index in [1.165, 1.54) is 0 Å². The van der Waals surface area contributed by atoms with Crippen LogP contribution in [0.5, 0.6) is 0 Å². The molecule has 1 aromatic carbocycles. The SMILES string of the molecule is O=C(OCc1ccccc1)N(OCCO)OCCO. The van der Waals surface area contributed by atoms with Gasteiger partial charge in [0.25, 0.3) is 0 Å². The highest BCUT2D eigenvalue weighted by Gasteiger charge is 2.17. The Morgan fingerprint density at radius 2 is 1.63 bits per heavy atom. The van der Waals surface area contributed by atoms with E-state index in [1.807, 2.05) is 18.2 Å². The second-order valence-electron chi connectivity index (χ2n) is 3.41. The Hall–Kier alpha value is -1.67. The summed E-state index contributed by atoms with van der Waals surface area (Å²) in [7, 11) is 0. The lowest BCUT2D eigenvalue weighted by Crippen LogP contribution is -2.33. The molecule has 19 heavy (non-hydrogen) atoms. The third-order valence-corrected chi connectivity index (χ3v) is 1.95. The maximum atomic E-state index is 11.6. The number of amides is 1. The number of hydrogen-bond acceptors (Lipinski definition) is 6. The highest BCUT2D eigenvalue weighted by molar-refractivity contribution is 5.65. The Labute approximate surface area is 110 Å². The van der Waals surface area contributed by atoms with E-state index in [1.54, 1.807) is 12.1 Å². The summed E-state index contributed by atoms with van der Waals surface area (Å²) in [4.78, 5) is 21.3. The molecule has 0 atom stereocenters. The summed E-state index contributed by atoms with van der Waals surface area (Å²) in [5, 5.41) is 17.8. The minimum absolute atomic E-state index is 0.0706. The molecule has 0 aliphatic carbocycles. The van der Waals surface area contributed by atoms with Crippen molar-refractivity contribution in [3.8, 4) is 0 Å². The normalized spacial score (nSPS) is 10.2. The van der Waals surface area contributed by atoms with E-state index >= 15 is 0 Å². The molecule has 0 aromatic heterocycles. The van der Waals surface area contributed by atoms with Gasteiger partial charge in [0, 0.05) is 0 Å². The fourth-order valence-electron chi connectivity index (χ4n) is 1.16. The standard InChI is InChI=1S/C12H17NO6/c14-6-8-18-13(19-9-7-15)12(16)17-10-11-4-2-1-3-5-11/h1-5,14-15H,6-10H2. The lowest BCUT2D eigenvalue weighted by atomic mass is 10.2. The van der Waals surface area contributed by atoms with Crippen molar-refractivity contribution in [3.05, 3.63) is 35.9 Å². The van der Waals surface area contributed by atoms with Gasteiger partial charge >= 0.3 is 6.09 Å². The van der Waals surface area contributed by atoms with Crippen LogP contribution >= 0.6 is 0 Å². The van der Waals surface area contributed by atoms with E-state index in [0.29, 0.717) is 5.23 Å². The van der Waals surface area contributed by atoms with Crippen LogP contribution < -0.4 is 0 Å². The molecular formula is C12H17NO6. The Morgan fingerprint density at radius 1 is 1.05 bits per heavy atom. The van der Waals surface area contributed by atoms with E-state index in [-0.39, 0.29) is 33.0 Å². The van der Waals surface area contributed by atoms with E-state index in [9.17, 15) is 4.79 Å². The smallest absolute Gasteiger partial charge is 0.441 e. The third-order valence-electron chi connectivity index (χ3n) is 1.95. The molecule has 0 heterocycles. The molecule has 0 saturated carbocycles. The number of aliphatic hydroxyl groups is 2. The Morgan fingerprint density at radius 3 is 2.16 bits per heavy atom. The summed E-state index contributed by atoms with van der Waals surface area (Å²) >= 11 is 0. The Balaban J connectivity index is 2.41. The molecule has 7 heteroatoms. The van der Waals surface area contributed by atoms with Crippen LogP contribution in [-0.2, 0) is 21.0 Å². The maximum Gasteiger partial charge on any atom is 0.460 e. The molecule has 0 saturated heterocycles. The monoisotopic (exact) mass is 271 g/mol. The minimum Gasteiger partial charge on any atom is -0.441 e. The van der Waals surface area contributed by atoms with Crippen molar-refractivity contribution in [1.82, 2.24) is 5.23 Å². The molecule has 7 nitrogen and oxygen atoms in total. The number of benzene rings is 1. The third kappa shape index (κ3) is 6.16. The molecule has 1 amide bonds. The van der Waals surface area contributed by atoms with Crippen LogP contribution in [0.1, 0.15) is 5.56 Å². The van der Waals surface area contributed by atoms with E-state index in [4.69, 9.17) is 24.6 Å². The molecule has 106 valence electrons. The number of rotatable bonds is 8. The molecule has 0 spiro atoms. The van der Waals surface area contributed by atoms with Gasteiger partial charge in [-0.25, -0.2) is 14.5 Å². The van der Waals surface area contributed by atoms with Crippen molar-refractivity contribution in [2.45, 2.75) is 6.61 Å². The molecule has 0 bridgehead atoms. The first kappa shape index (κ1) is 15.4. The molecule has 1 rings (SSSR count). The van der Waals surface area contributed by atoms with Gasteiger partial charge in [-0.2, -0.15) is 0 Å². The summed E-state index contributed by atoms with van der Waals surface area (Å²) in [6.07, 6.45) is -0.856. The van der Waals surface area contributed by atoms with Crippen LogP contribution in [0.2, 0.25) is 0 Å². The molecule has 0 aliphatic rings. The first-order chi connectivity index (χ1) is 9.27. The van der Waals surface area contributed by atoms with Gasteiger partial charge in [0.05, 0.1) is 13.2 Å². The molecular weight excluding hydrogens is 254 g/mol. The number of nitrogens with zero attached hydrogens (tertiary/aromatic N) is 1. The van der Waals surface area contributed by atoms with Gasteiger partial charge in [-0.05, 0) is 10.8 Å². The zero-order chi connectivity index (χ0) is 13.9. The van der Waals surface area contributed by atoms with Crippen LogP contribution in [-0.4, -0.2) is 48.0 Å². The van der Waals surface area contributed by atoms with Crippen LogP contribution in [0.3, 0.4) is 0 Å². The maximum absolute atomic E-state index is 11.6. The first-order valence-electron chi connectivity index (χ1n) is 5.76. The van der Waals surface area contributed by atoms with Gasteiger partial charge < -0.3 is 14.9 Å². The van der Waals surface area contributed by atoms with Crippen LogP contribution in [0, 0.1) is 0 Å². The topological polar surface area (TPSA) is 88.5 Å². The average Bonchev–Trinajstić information content (AvgIpc) is 2.46. The lowest BCUT2D eigenvalue weighted by molar-refractivity contribution is -0.340. The zero-order valence-corrected chi connectivity index (χ0v) is 10.4. The number of hydrogen-bond donors (Lipinski definition) is 2. The van der Waals surface area contributed by atoms with Crippen LogP contribution in [0.15, 0.2) is 30.3 Å². The van der Waals surface area contributed by atoms with Crippen molar-refractivity contribution in [2.75, 3.05) is 26.4 Å². The predicted octanol–water partition coefficient (Wildman–Crippen LogP) is 0.473. The number of hydroxylamine groups is 2. The molecule has 0 unspecified atom stereocenters. The summed E-state index contributed by atoms with van der Waals surface area (Å²) in [5.41, 5.74) is 0.820. The molecule has 0 radical (unpaired) electrons. The number of aliphatic hydroxyl groups excluding tert-OH is 2. The number of ether oxygens (including phenoxy) is 1. The molecule has 1 aromatic rings. The van der Waals surface area contributed by atoms with Gasteiger partial charge in [-0.15, -0.1) is 0 Å².